The normalized spacial score (nSPS) is 16.8. The van der Waals surface area contributed by atoms with Gasteiger partial charge in [0.1, 0.15) is 0 Å². The third-order valence-corrected chi connectivity index (χ3v) is 6.04. The number of aryl methyl sites for hydroxylation is 1. The minimum atomic E-state index is -0.706. The zero-order valence-electron chi connectivity index (χ0n) is 18.2. The molecule has 3 amide bonds. The van der Waals surface area contributed by atoms with Crippen LogP contribution in [0.4, 0.5) is 17.3 Å². The van der Waals surface area contributed by atoms with E-state index in [2.05, 4.69) is 25.5 Å². The summed E-state index contributed by atoms with van der Waals surface area (Å²) >= 11 is 0. The summed E-state index contributed by atoms with van der Waals surface area (Å²) < 4.78 is 0. The van der Waals surface area contributed by atoms with Crippen LogP contribution in [-0.2, 0) is 14.4 Å². The molecule has 3 heterocycles. The van der Waals surface area contributed by atoms with Gasteiger partial charge in [0.2, 0.25) is 11.9 Å². The van der Waals surface area contributed by atoms with E-state index in [9.17, 15) is 14.4 Å². The molecule has 0 bridgehead atoms. The fourth-order valence-corrected chi connectivity index (χ4v) is 4.18. The molecular formula is C23H28N6O3. The molecule has 2 saturated heterocycles. The van der Waals surface area contributed by atoms with Gasteiger partial charge in [0.05, 0.1) is 0 Å². The minimum absolute atomic E-state index is 0.0826. The van der Waals surface area contributed by atoms with Crippen molar-refractivity contribution in [2.45, 2.75) is 32.6 Å². The minimum Gasteiger partial charge on any atom is -0.348 e. The van der Waals surface area contributed by atoms with E-state index in [0.717, 1.165) is 49.6 Å². The topological polar surface area (TPSA) is 108 Å². The molecule has 2 aliphatic heterocycles. The summed E-state index contributed by atoms with van der Waals surface area (Å²) in [5, 5.41) is 5.40. The molecular weight excluding hydrogens is 408 g/mol. The van der Waals surface area contributed by atoms with Crippen LogP contribution in [0, 0.1) is 12.8 Å². The van der Waals surface area contributed by atoms with Crippen molar-refractivity contribution in [2.24, 2.45) is 5.92 Å². The number of hydrogen-bond donors (Lipinski definition) is 2. The fourth-order valence-electron chi connectivity index (χ4n) is 4.18. The molecule has 168 valence electrons. The second kappa shape index (κ2) is 9.76. The molecule has 0 aliphatic carbocycles. The first-order valence-electron chi connectivity index (χ1n) is 11.0. The maximum Gasteiger partial charge on any atom is 0.313 e. The van der Waals surface area contributed by atoms with E-state index in [4.69, 9.17) is 0 Å². The third kappa shape index (κ3) is 5.04. The molecule has 0 spiro atoms. The average molecular weight is 437 g/mol. The van der Waals surface area contributed by atoms with Crippen LogP contribution in [-0.4, -0.2) is 53.9 Å². The Hall–Kier alpha value is -3.49. The van der Waals surface area contributed by atoms with Gasteiger partial charge >= 0.3 is 11.8 Å². The van der Waals surface area contributed by atoms with E-state index in [1.807, 2.05) is 13.0 Å². The Morgan fingerprint density at radius 1 is 1.09 bits per heavy atom. The van der Waals surface area contributed by atoms with Crippen molar-refractivity contribution < 1.29 is 14.4 Å². The van der Waals surface area contributed by atoms with Crippen molar-refractivity contribution in [3.05, 3.63) is 42.2 Å². The third-order valence-electron chi connectivity index (χ3n) is 6.04. The quantitative estimate of drug-likeness (QED) is 0.693. The lowest BCUT2D eigenvalue weighted by Crippen LogP contribution is -2.42. The first-order valence-corrected chi connectivity index (χ1v) is 11.0. The van der Waals surface area contributed by atoms with Gasteiger partial charge in [-0.15, -0.1) is 0 Å². The second-order valence-corrected chi connectivity index (χ2v) is 8.29. The molecule has 2 N–H and O–H groups in total. The maximum atomic E-state index is 12.4. The Bertz CT molecular complexity index is 988. The predicted octanol–water partition coefficient (Wildman–Crippen LogP) is 1.88. The Balaban J connectivity index is 1.26. The Labute approximate surface area is 187 Å². The summed E-state index contributed by atoms with van der Waals surface area (Å²) in [4.78, 5) is 49.2. The number of carbonyl (C=O) groups excluding carboxylic acids is 3. The maximum absolute atomic E-state index is 12.4. The number of benzene rings is 1. The number of hydrogen-bond acceptors (Lipinski definition) is 6. The van der Waals surface area contributed by atoms with Gasteiger partial charge in [0.15, 0.2) is 0 Å². The lowest BCUT2D eigenvalue weighted by molar-refractivity contribution is -0.136. The molecule has 9 heteroatoms. The molecule has 4 rings (SSSR count). The molecule has 0 radical (unpaired) electrons. The first-order chi connectivity index (χ1) is 15.5. The monoisotopic (exact) mass is 436 g/mol. The van der Waals surface area contributed by atoms with Crippen LogP contribution in [0.25, 0.3) is 0 Å². The van der Waals surface area contributed by atoms with Crippen molar-refractivity contribution in [1.29, 1.82) is 0 Å². The van der Waals surface area contributed by atoms with Crippen LogP contribution >= 0.6 is 0 Å². The van der Waals surface area contributed by atoms with E-state index in [-0.39, 0.29) is 5.91 Å². The highest BCUT2D eigenvalue weighted by Crippen LogP contribution is 2.28. The van der Waals surface area contributed by atoms with E-state index in [0.29, 0.717) is 31.1 Å². The number of anilines is 3. The Morgan fingerprint density at radius 2 is 1.84 bits per heavy atom. The van der Waals surface area contributed by atoms with E-state index >= 15 is 0 Å². The van der Waals surface area contributed by atoms with Gasteiger partial charge < -0.3 is 20.4 Å². The number of carbonyl (C=O) groups is 3. The molecule has 2 aromatic rings. The predicted molar refractivity (Wildman–Crippen MR) is 121 cm³/mol. The highest BCUT2D eigenvalue weighted by Gasteiger charge is 2.25. The molecule has 0 atom stereocenters. The van der Waals surface area contributed by atoms with Gasteiger partial charge in [0, 0.05) is 56.4 Å². The van der Waals surface area contributed by atoms with Gasteiger partial charge in [-0.05, 0) is 55.9 Å². The highest BCUT2D eigenvalue weighted by atomic mass is 16.2. The van der Waals surface area contributed by atoms with Crippen molar-refractivity contribution in [2.75, 3.05) is 41.3 Å². The average Bonchev–Trinajstić information content (AvgIpc) is 3.25. The number of amides is 3. The first kappa shape index (κ1) is 21.7. The van der Waals surface area contributed by atoms with Crippen molar-refractivity contribution in [1.82, 2.24) is 15.3 Å². The lowest BCUT2D eigenvalue weighted by atomic mass is 9.97. The number of aromatic nitrogens is 2. The number of nitrogens with one attached hydrogen (secondary N) is 2. The zero-order chi connectivity index (χ0) is 22.5. The summed E-state index contributed by atoms with van der Waals surface area (Å²) in [7, 11) is 0. The number of nitrogens with zero attached hydrogens (tertiary/aromatic N) is 4. The molecule has 2 fully saturated rings. The van der Waals surface area contributed by atoms with Gasteiger partial charge in [0.25, 0.3) is 0 Å². The lowest BCUT2D eigenvalue weighted by Gasteiger charge is -2.31. The van der Waals surface area contributed by atoms with Crippen LogP contribution in [0.5, 0.6) is 0 Å². The number of piperidine rings is 1. The summed E-state index contributed by atoms with van der Waals surface area (Å²) in [6.07, 6.45) is 6.61. The van der Waals surface area contributed by atoms with E-state index in [1.54, 1.807) is 35.5 Å². The molecule has 32 heavy (non-hydrogen) atoms. The molecule has 1 aromatic heterocycles. The summed E-state index contributed by atoms with van der Waals surface area (Å²) in [6.45, 7) is 4.69. The van der Waals surface area contributed by atoms with Crippen molar-refractivity contribution >= 4 is 35.0 Å². The van der Waals surface area contributed by atoms with Crippen molar-refractivity contribution in [3.63, 3.8) is 0 Å². The molecule has 1 aromatic carbocycles. The number of rotatable bonds is 5. The van der Waals surface area contributed by atoms with Crippen LogP contribution in [0.3, 0.4) is 0 Å². The smallest absolute Gasteiger partial charge is 0.313 e. The molecule has 0 unspecified atom stereocenters. The van der Waals surface area contributed by atoms with Crippen LogP contribution in [0.2, 0.25) is 0 Å². The standard InChI is InChI=1S/C23H28N6O3/c1-16-5-6-18(14-19(16)29-11-2-4-20(29)30)27-22(32)21(31)26-15-17-7-12-28(13-8-17)23-24-9-3-10-25-23/h3,5-6,9-10,14,17H,2,4,7-8,11-13,15H2,1H3,(H,26,31)(H,27,32). The van der Waals surface area contributed by atoms with Gasteiger partial charge in [-0.25, -0.2) is 9.97 Å². The summed E-state index contributed by atoms with van der Waals surface area (Å²) in [5.74, 6) is -0.249. The van der Waals surface area contributed by atoms with Crippen LogP contribution < -0.4 is 20.4 Å². The van der Waals surface area contributed by atoms with Crippen LogP contribution in [0.15, 0.2) is 36.7 Å². The van der Waals surface area contributed by atoms with Crippen molar-refractivity contribution in [3.8, 4) is 0 Å². The second-order valence-electron chi connectivity index (χ2n) is 8.29. The van der Waals surface area contributed by atoms with Gasteiger partial charge in [-0.2, -0.15) is 0 Å². The summed E-state index contributed by atoms with van der Waals surface area (Å²) in [6, 6.07) is 7.13. The van der Waals surface area contributed by atoms with Gasteiger partial charge in [-0.1, -0.05) is 6.07 Å². The van der Waals surface area contributed by atoms with Gasteiger partial charge in [-0.3, -0.25) is 14.4 Å². The molecule has 9 nitrogen and oxygen atoms in total. The highest BCUT2D eigenvalue weighted by molar-refractivity contribution is 6.39. The molecule has 0 saturated carbocycles. The van der Waals surface area contributed by atoms with E-state index in [1.165, 1.54) is 0 Å². The Kier molecular flexibility index (Phi) is 6.63. The largest absolute Gasteiger partial charge is 0.348 e. The molecule has 2 aliphatic rings. The Morgan fingerprint density at radius 3 is 2.53 bits per heavy atom. The van der Waals surface area contributed by atoms with Crippen LogP contribution in [0.1, 0.15) is 31.2 Å². The fraction of sp³-hybridized carbons (Fsp3) is 0.435. The summed E-state index contributed by atoms with van der Waals surface area (Å²) in [5.41, 5.74) is 2.23. The zero-order valence-corrected chi connectivity index (χ0v) is 18.2. The SMILES string of the molecule is Cc1ccc(NC(=O)C(=O)NCC2CCN(c3ncccn3)CC2)cc1N1CCCC1=O. The van der Waals surface area contributed by atoms with E-state index < -0.39 is 11.8 Å².